The van der Waals surface area contributed by atoms with Crippen molar-refractivity contribution in [3.8, 4) is 11.6 Å². The number of aromatic nitrogens is 3. The summed E-state index contributed by atoms with van der Waals surface area (Å²) in [6.07, 6.45) is 5.69. The molecule has 4 heteroatoms. The summed E-state index contributed by atoms with van der Waals surface area (Å²) in [5.74, 6) is 1.93. The molecule has 0 radical (unpaired) electrons. The number of benzene rings is 5. The largest absolute Gasteiger partial charge is 0.294 e. The highest BCUT2D eigenvalue weighted by molar-refractivity contribution is 7.20. The van der Waals surface area contributed by atoms with Crippen LogP contribution in [0.4, 0.5) is 0 Å². The summed E-state index contributed by atoms with van der Waals surface area (Å²) in [7, 11) is 0. The van der Waals surface area contributed by atoms with E-state index in [1.54, 1.807) is 0 Å². The van der Waals surface area contributed by atoms with Gasteiger partial charge in [0.2, 0.25) is 0 Å². The molecule has 10 rings (SSSR count). The van der Waals surface area contributed by atoms with Crippen molar-refractivity contribution < 1.29 is 0 Å². The van der Waals surface area contributed by atoms with Crippen LogP contribution in [0, 0.1) is 0 Å². The Hall–Kier alpha value is -5.45. The molecule has 0 saturated heterocycles. The Kier molecular flexibility index (Phi) is 5.35. The fraction of sp³-hybridized carbons (Fsp3) is 0.0714. The molecule has 46 heavy (non-hydrogen) atoms. The molecule has 1 atom stereocenters. The Morgan fingerprint density at radius 1 is 0.587 bits per heavy atom. The molecule has 0 saturated carbocycles. The van der Waals surface area contributed by atoms with Gasteiger partial charge in [0.25, 0.3) is 0 Å². The number of rotatable bonds is 3. The molecule has 0 spiro atoms. The number of nitrogens with zero attached hydrogens (tertiary/aromatic N) is 3. The predicted molar refractivity (Wildman–Crippen MR) is 195 cm³/mol. The van der Waals surface area contributed by atoms with Crippen LogP contribution in [0.1, 0.15) is 22.9 Å². The van der Waals surface area contributed by atoms with E-state index in [0.717, 1.165) is 18.1 Å². The van der Waals surface area contributed by atoms with Gasteiger partial charge in [0.1, 0.15) is 5.82 Å². The molecule has 0 amide bonds. The summed E-state index contributed by atoms with van der Waals surface area (Å²) in [4.78, 5) is 6.96. The van der Waals surface area contributed by atoms with Gasteiger partial charge in [-0.1, -0.05) is 116 Å². The lowest BCUT2D eigenvalue weighted by molar-refractivity contribution is 0.591. The molecule has 218 valence electrons. The van der Waals surface area contributed by atoms with Gasteiger partial charge in [0, 0.05) is 37.2 Å². The standard InChI is InChI=1S/C42H29N3S/c1-42(27-13-3-2-4-14-27)24-23-38-33(26-42)32-25-39(44-34-19-9-5-15-28(34)29-16-6-10-20-35(29)44)43-41(40(32)46-38)45-36-21-11-7-17-30(36)31-18-8-12-22-37(31)45/h2-25H,26H2,1H3. The van der Waals surface area contributed by atoms with Crippen LogP contribution < -0.4 is 0 Å². The van der Waals surface area contributed by atoms with Crippen molar-refractivity contribution in [1.29, 1.82) is 0 Å². The van der Waals surface area contributed by atoms with Crippen LogP contribution in [0.5, 0.6) is 0 Å². The summed E-state index contributed by atoms with van der Waals surface area (Å²) >= 11 is 1.87. The normalized spacial score (nSPS) is 16.3. The van der Waals surface area contributed by atoms with Crippen molar-refractivity contribution in [2.45, 2.75) is 18.8 Å². The van der Waals surface area contributed by atoms with Crippen LogP contribution in [0.3, 0.4) is 0 Å². The van der Waals surface area contributed by atoms with Gasteiger partial charge < -0.3 is 0 Å². The number of hydrogen-bond acceptors (Lipinski definition) is 2. The second-order valence-electron chi connectivity index (χ2n) is 12.7. The van der Waals surface area contributed by atoms with E-state index in [0.29, 0.717) is 0 Å². The van der Waals surface area contributed by atoms with E-state index in [1.807, 2.05) is 11.3 Å². The molecule has 3 nitrogen and oxygen atoms in total. The SMILES string of the molecule is CC1(c2ccccc2)C=Cc2sc3c(-n4c5ccccc5c5ccccc54)nc(-n4c5ccccc5c5ccccc54)cc3c2C1. The highest BCUT2D eigenvalue weighted by Gasteiger charge is 2.31. The molecule has 5 aromatic carbocycles. The molecular formula is C42H29N3S. The Morgan fingerprint density at radius 3 is 1.65 bits per heavy atom. The topological polar surface area (TPSA) is 22.8 Å². The van der Waals surface area contributed by atoms with E-state index in [2.05, 4.69) is 162 Å². The molecule has 0 aliphatic heterocycles. The van der Waals surface area contributed by atoms with Crippen LogP contribution in [0.15, 0.2) is 140 Å². The molecule has 1 aliphatic rings. The van der Waals surface area contributed by atoms with E-state index in [4.69, 9.17) is 4.98 Å². The monoisotopic (exact) mass is 607 g/mol. The fourth-order valence-corrected chi connectivity index (χ4v) is 8.92. The predicted octanol–water partition coefficient (Wildman–Crippen LogP) is 11.0. The van der Waals surface area contributed by atoms with Crippen molar-refractivity contribution in [2.24, 2.45) is 0 Å². The Bertz CT molecular complexity index is 2580. The Labute approximate surface area is 270 Å². The van der Waals surface area contributed by atoms with E-state index >= 15 is 0 Å². The minimum absolute atomic E-state index is 0.0917. The zero-order valence-corrected chi connectivity index (χ0v) is 26.1. The van der Waals surface area contributed by atoms with Gasteiger partial charge in [0.05, 0.1) is 26.8 Å². The van der Waals surface area contributed by atoms with E-state index in [1.165, 1.54) is 69.7 Å². The summed E-state index contributed by atoms with van der Waals surface area (Å²) in [6.45, 7) is 2.37. The lowest BCUT2D eigenvalue weighted by Gasteiger charge is -2.30. The third kappa shape index (κ3) is 3.56. The highest BCUT2D eigenvalue weighted by Crippen LogP contribution is 2.46. The van der Waals surface area contributed by atoms with Gasteiger partial charge in [0.15, 0.2) is 5.82 Å². The van der Waals surface area contributed by atoms with E-state index < -0.39 is 0 Å². The van der Waals surface area contributed by atoms with Gasteiger partial charge in [-0.25, -0.2) is 4.98 Å². The summed E-state index contributed by atoms with van der Waals surface area (Å²) in [5, 5.41) is 6.26. The van der Waals surface area contributed by atoms with Gasteiger partial charge in [-0.3, -0.25) is 9.13 Å². The first-order chi connectivity index (χ1) is 22.7. The van der Waals surface area contributed by atoms with Crippen molar-refractivity contribution >= 4 is 71.1 Å². The molecule has 1 unspecified atom stereocenters. The molecule has 0 bridgehead atoms. The van der Waals surface area contributed by atoms with Crippen LogP contribution in [0.2, 0.25) is 0 Å². The van der Waals surface area contributed by atoms with Gasteiger partial charge >= 0.3 is 0 Å². The number of pyridine rings is 1. The van der Waals surface area contributed by atoms with Crippen LogP contribution in [0.25, 0.3) is 71.4 Å². The number of fused-ring (bicyclic) bond motifs is 9. The van der Waals surface area contributed by atoms with Gasteiger partial charge in [-0.05, 0) is 54.0 Å². The molecule has 1 aliphatic carbocycles. The minimum Gasteiger partial charge on any atom is -0.294 e. The molecule has 4 heterocycles. The lowest BCUT2D eigenvalue weighted by atomic mass is 9.74. The first-order valence-electron chi connectivity index (χ1n) is 15.9. The maximum atomic E-state index is 5.64. The average Bonchev–Trinajstić information content (AvgIpc) is 3.76. The van der Waals surface area contributed by atoms with E-state index in [-0.39, 0.29) is 5.41 Å². The quantitative estimate of drug-likeness (QED) is 0.196. The molecular weight excluding hydrogens is 579 g/mol. The molecule has 0 N–H and O–H groups in total. The fourth-order valence-electron chi connectivity index (χ4n) is 7.74. The lowest BCUT2D eigenvalue weighted by Crippen LogP contribution is -2.24. The van der Waals surface area contributed by atoms with Gasteiger partial charge in [-0.2, -0.15) is 0 Å². The summed E-state index contributed by atoms with van der Waals surface area (Å²) in [5.41, 5.74) is 7.34. The van der Waals surface area contributed by atoms with Crippen molar-refractivity contribution in [3.05, 3.63) is 156 Å². The van der Waals surface area contributed by atoms with Crippen LogP contribution in [-0.4, -0.2) is 14.1 Å². The van der Waals surface area contributed by atoms with Crippen LogP contribution in [-0.2, 0) is 11.8 Å². The van der Waals surface area contributed by atoms with Crippen molar-refractivity contribution in [3.63, 3.8) is 0 Å². The first kappa shape index (κ1) is 25.8. The van der Waals surface area contributed by atoms with Crippen LogP contribution >= 0.6 is 11.3 Å². The number of hydrogen-bond donors (Lipinski definition) is 0. The minimum atomic E-state index is -0.0917. The Morgan fingerprint density at radius 2 is 1.09 bits per heavy atom. The first-order valence-corrected chi connectivity index (χ1v) is 16.7. The number of para-hydroxylation sites is 4. The smallest absolute Gasteiger partial charge is 0.158 e. The second kappa shape index (κ2) is 9.53. The number of allylic oxidation sites excluding steroid dienone is 1. The molecule has 9 aromatic rings. The van der Waals surface area contributed by atoms with Crippen molar-refractivity contribution in [2.75, 3.05) is 0 Å². The van der Waals surface area contributed by atoms with E-state index in [9.17, 15) is 0 Å². The third-order valence-corrected chi connectivity index (χ3v) is 11.2. The van der Waals surface area contributed by atoms with Crippen molar-refractivity contribution in [1.82, 2.24) is 14.1 Å². The Balaban J connectivity index is 1.34. The maximum Gasteiger partial charge on any atom is 0.158 e. The molecule has 4 aromatic heterocycles. The summed E-state index contributed by atoms with van der Waals surface area (Å²) in [6, 6.07) is 48.2. The molecule has 0 fully saturated rings. The zero-order chi connectivity index (χ0) is 30.4. The second-order valence-corrected chi connectivity index (χ2v) is 13.7. The zero-order valence-electron chi connectivity index (χ0n) is 25.3. The average molecular weight is 608 g/mol. The summed E-state index contributed by atoms with van der Waals surface area (Å²) < 4.78 is 5.98. The highest BCUT2D eigenvalue weighted by atomic mass is 32.1. The number of thiophene rings is 1. The van der Waals surface area contributed by atoms with Gasteiger partial charge in [-0.15, -0.1) is 11.3 Å². The third-order valence-electron chi connectivity index (χ3n) is 9.96. The maximum absolute atomic E-state index is 5.64.